The summed E-state index contributed by atoms with van der Waals surface area (Å²) >= 11 is 0. The number of nitrogens with two attached hydrogens (primary N) is 1. The number of rotatable bonds is 5. The van der Waals surface area contributed by atoms with Gasteiger partial charge in [0.05, 0.1) is 13.2 Å². The largest absolute Gasteiger partial charge is 0.480 e. The fourth-order valence-electron chi connectivity index (χ4n) is 2.31. The normalized spacial score (nSPS) is 20.0. The molecule has 1 aliphatic heterocycles. The van der Waals surface area contributed by atoms with Crippen molar-refractivity contribution in [2.24, 2.45) is 5.73 Å². The molecule has 0 radical (unpaired) electrons. The van der Waals surface area contributed by atoms with Crippen LogP contribution in [0.2, 0.25) is 0 Å². The summed E-state index contributed by atoms with van der Waals surface area (Å²) in [4.78, 5) is 24.5. The van der Waals surface area contributed by atoms with Crippen molar-refractivity contribution in [1.29, 1.82) is 0 Å². The van der Waals surface area contributed by atoms with Crippen LogP contribution in [0, 0.1) is 0 Å². The minimum Gasteiger partial charge on any atom is -0.480 e. The van der Waals surface area contributed by atoms with Crippen LogP contribution >= 0.6 is 0 Å². The molecule has 1 saturated heterocycles. The van der Waals surface area contributed by atoms with Crippen LogP contribution in [0.3, 0.4) is 0 Å². The third-order valence-electron chi connectivity index (χ3n) is 3.58. The Labute approximate surface area is 123 Å². The number of carbonyl (C=O) groups is 2. The zero-order chi connectivity index (χ0) is 15.2. The Hall–Kier alpha value is -1.92. The van der Waals surface area contributed by atoms with Crippen molar-refractivity contribution in [1.82, 2.24) is 4.90 Å². The van der Waals surface area contributed by atoms with Gasteiger partial charge in [-0.3, -0.25) is 9.59 Å². The van der Waals surface area contributed by atoms with E-state index in [1.165, 1.54) is 0 Å². The maximum Gasteiger partial charge on any atom is 0.320 e. The Morgan fingerprint density at radius 3 is 2.76 bits per heavy atom. The smallest absolute Gasteiger partial charge is 0.320 e. The number of ether oxygens (including phenoxy) is 1. The van der Waals surface area contributed by atoms with E-state index in [1.807, 2.05) is 30.3 Å². The summed E-state index contributed by atoms with van der Waals surface area (Å²) in [5, 5.41) is 8.73. The highest BCUT2D eigenvalue weighted by atomic mass is 16.5. The number of amides is 1. The third kappa shape index (κ3) is 4.27. The lowest BCUT2D eigenvalue weighted by atomic mass is 10.1. The molecule has 3 N–H and O–H groups in total. The molecule has 0 aromatic heterocycles. The second-order valence-corrected chi connectivity index (χ2v) is 5.09. The fourth-order valence-corrected chi connectivity index (χ4v) is 2.31. The highest BCUT2D eigenvalue weighted by Gasteiger charge is 2.25. The van der Waals surface area contributed by atoms with Crippen molar-refractivity contribution in [3.8, 4) is 0 Å². The molecule has 114 valence electrons. The number of benzene rings is 1. The average molecular weight is 292 g/mol. The van der Waals surface area contributed by atoms with Crippen LogP contribution in [0.1, 0.15) is 24.5 Å². The van der Waals surface area contributed by atoms with E-state index in [0.717, 1.165) is 5.56 Å². The Kier molecular flexibility index (Phi) is 5.30. The topological polar surface area (TPSA) is 92.9 Å². The van der Waals surface area contributed by atoms with Gasteiger partial charge in [-0.1, -0.05) is 30.3 Å². The zero-order valence-electron chi connectivity index (χ0n) is 11.8. The van der Waals surface area contributed by atoms with Gasteiger partial charge in [0.1, 0.15) is 12.1 Å². The molecule has 0 saturated carbocycles. The van der Waals surface area contributed by atoms with E-state index < -0.39 is 12.0 Å². The predicted octanol–water partition coefficient (Wildman–Crippen LogP) is 0.779. The SMILES string of the molecule is N[C@@H](CCC(=O)N1CCOC(c2ccccc2)C1)C(=O)O. The molecule has 0 bridgehead atoms. The van der Waals surface area contributed by atoms with Gasteiger partial charge < -0.3 is 20.5 Å². The molecule has 0 spiro atoms. The first-order valence-corrected chi connectivity index (χ1v) is 7.00. The molecule has 21 heavy (non-hydrogen) atoms. The van der Waals surface area contributed by atoms with Crippen LogP contribution in [0.15, 0.2) is 30.3 Å². The summed E-state index contributed by atoms with van der Waals surface area (Å²) in [5.41, 5.74) is 6.46. The summed E-state index contributed by atoms with van der Waals surface area (Å²) in [5.74, 6) is -1.15. The van der Waals surface area contributed by atoms with E-state index in [-0.39, 0.29) is 24.9 Å². The van der Waals surface area contributed by atoms with Gasteiger partial charge in [0, 0.05) is 13.0 Å². The van der Waals surface area contributed by atoms with Crippen LogP contribution in [-0.4, -0.2) is 47.6 Å². The van der Waals surface area contributed by atoms with Crippen LogP contribution in [0.4, 0.5) is 0 Å². The highest BCUT2D eigenvalue weighted by Crippen LogP contribution is 2.22. The summed E-state index contributed by atoms with van der Waals surface area (Å²) in [6.45, 7) is 1.51. The van der Waals surface area contributed by atoms with Gasteiger partial charge in [0.25, 0.3) is 0 Å². The molecule has 1 amide bonds. The minimum absolute atomic E-state index is 0.0732. The standard InChI is InChI=1S/C15H20N2O4/c16-12(15(19)20)6-7-14(18)17-8-9-21-13(10-17)11-4-2-1-3-5-11/h1-5,12-13H,6-10,16H2,(H,19,20)/t12-,13?/m0/s1. The van der Waals surface area contributed by atoms with Crippen molar-refractivity contribution in [3.63, 3.8) is 0 Å². The van der Waals surface area contributed by atoms with E-state index in [9.17, 15) is 9.59 Å². The van der Waals surface area contributed by atoms with Gasteiger partial charge >= 0.3 is 5.97 Å². The van der Waals surface area contributed by atoms with Gasteiger partial charge in [-0.25, -0.2) is 0 Å². The number of carboxylic acids is 1. The van der Waals surface area contributed by atoms with Crippen LogP contribution < -0.4 is 5.73 Å². The molecule has 2 atom stereocenters. The Bertz CT molecular complexity index is 492. The molecule has 1 heterocycles. The highest BCUT2D eigenvalue weighted by molar-refractivity contribution is 5.78. The number of aliphatic carboxylic acids is 1. The molecular formula is C15H20N2O4. The zero-order valence-corrected chi connectivity index (χ0v) is 11.8. The van der Waals surface area contributed by atoms with E-state index in [2.05, 4.69) is 0 Å². The predicted molar refractivity (Wildman–Crippen MR) is 76.6 cm³/mol. The van der Waals surface area contributed by atoms with Gasteiger partial charge in [-0.05, 0) is 12.0 Å². The summed E-state index contributed by atoms with van der Waals surface area (Å²) in [6.07, 6.45) is 0.174. The van der Waals surface area contributed by atoms with Crippen molar-refractivity contribution in [2.45, 2.75) is 25.0 Å². The molecule has 6 heteroatoms. The van der Waals surface area contributed by atoms with Gasteiger partial charge in [0.15, 0.2) is 0 Å². The van der Waals surface area contributed by atoms with Gasteiger partial charge in [-0.15, -0.1) is 0 Å². The number of morpholine rings is 1. The molecule has 1 aliphatic rings. The molecule has 1 fully saturated rings. The molecule has 1 aromatic rings. The monoisotopic (exact) mass is 292 g/mol. The van der Waals surface area contributed by atoms with Crippen molar-refractivity contribution in [2.75, 3.05) is 19.7 Å². The number of nitrogens with zero attached hydrogens (tertiary/aromatic N) is 1. The van der Waals surface area contributed by atoms with Crippen LogP contribution in [0.25, 0.3) is 0 Å². The molecule has 1 unspecified atom stereocenters. The average Bonchev–Trinajstić information content (AvgIpc) is 2.53. The fraction of sp³-hybridized carbons (Fsp3) is 0.467. The number of hydrogen-bond donors (Lipinski definition) is 2. The van der Waals surface area contributed by atoms with Crippen molar-refractivity contribution < 1.29 is 19.4 Å². The lowest BCUT2D eigenvalue weighted by Crippen LogP contribution is -2.43. The van der Waals surface area contributed by atoms with Crippen LogP contribution in [0.5, 0.6) is 0 Å². The first-order chi connectivity index (χ1) is 10.1. The Morgan fingerprint density at radius 1 is 1.38 bits per heavy atom. The van der Waals surface area contributed by atoms with Crippen molar-refractivity contribution >= 4 is 11.9 Å². The molecule has 6 nitrogen and oxygen atoms in total. The second kappa shape index (κ2) is 7.19. The van der Waals surface area contributed by atoms with E-state index >= 15 is 0 Å². The summed E-state index contributed by atoms with van der Waals surface area (Å²) in [6, 6.07) is 8.76. The minimum atomic E-state index is -1.08. The van der Waals surface area contributed by atoms with E-state index in [0.29, 0.717) is 19.7 Å². The number of hydrogen-bond acceptors (Lipinski definition) is 4. The quantitative estimate of drug-likeness (QED) is 0.836. The maximum absolute atomic E-state index is 12.1. The molecular weight excluding hydrogens is 272 g/mol. The van der Waals surface area contributed by atoms with Gasteiger partial charge in [-0.2, -0.15) is 0 Å². The number of carboxylic acid groups (broad SMARTS) is 1. The molecule has 2 rings (SSSR count). The first kappa shape index (κ1) is 15.5. The Morgan fingerprint density at radius 2 is 2.10 bits per heavy atom. The maximum atomic E-state index is 12.1. The van der Waals surface area contributed by atoms with Gasteiger partial charge in [0.2, 0.25) is 5.91 Å². The third-order valence-corrected chi connectivity index (χ3v) is 3.58. The lowest BCUT2D eigenvalue weighted by molar-refractivity contribution is -0.140. The Balaban J connectivity index is 1.89. The van der Waals surface area contributed by atoms with E-state index in [4.69, 9.17) is 15.6 Å². The molecule has 1 aromatic carbocycles. The summed E-state index contributed by atoms with van der Waals surface area (Å²) in [7, 11) is 0. The lowest BCUT2D eigenvalue weighted by Gasteiger charge is -2.33. The summed E-state index contributed by atoms with van der Waals surface area (Å²) < 4.78 is 5.70. The van der Waals surface area contributed by atoms with E-state index in [1.54, 1.807) is 4.90 Å². The first-order valence-electron chi connectivity index (χ1n) is 7.00. The van der Waals surface area contributed by atoms with Crippen molar-refractivity contribution in [3.05, 3.63) is 35.9 Å². The number of carbonyl (C=O) groups excluding carboxylic acids is 1. The molecule has 0 aliphatic carbocycles. The van der Waals surface area contributed by atoms with Crippen LogP contribution in [-0.2, 0) is 14.3 Å². The second-order valence-electron chi connectivity index (χ2n) is 5.09.